The second-order valence-electron chi connectivity index (χ2n) is 4.10. The normalized spacial score (nSPS) is 23.3. The first kappa shape index (κ1) is 13.9. The highest BCUT2D eigenvalue weighted by Gasteiger charge is 2.37. The van der Waals surface area contributed by atoms with Crippen molar-refractivity contribution in [3.05, 3.63) is 0 Å². The van der Waals surface area contributed by atoms with Crippen LogP contribution in [0.4, 0.5) is 0 Å². The van der Waals surface area contributed by atoms with Gasteiger partial charge in [0.25, 0.3) is 0 Å². The second-order valence-corrected chi connectivity index (χ2v) is 6.04. The minimum Gasteiger partial charge on any atom is -0.480 e. The Bertz CT molecular complexity index is 419. The summed E-state index contributed by atoms with van der Waals surface area (Å²) in [6, 6.07) is -1.81. The van der Waals surface area contributed by atoms with E-state index in [0.29, 0.717) is 19.4 Å². The van der Waals surface area contributed by atoms with Gasteiger partial charge in [-0.05, 0) is 19.8 Å². The van der Waals surface area contributed by atoms with Crippen LogP contribution in [0, 0.1) is 0 Å². The minimum atomic E-state index is -3.43. The van der Waals surface area contributed by atoms with Gasteiger partial charge < -0.3 is 10.4 Å². The first-order valence-electron chi connectivity index (χ1n) is 5.23. The Morgan fingerprint density at radius 3 is 2.53 bits per heavy atom. The zero-order valence-corrected chi connectivity index (χ0v) is 10.5. The number of hydrogen-bond acceptors (Lipinski definition) is 4. The molecule has 2 atom stereocenters. The van der Waals surface area contributed by atoms with E-state index in [1.807, 2.05) is 0 Å². The third-order valence-electron chi connectivity index (χ3n) is 2.66. The zero-order chi connectivity index (χ0) is 13.2. The summed E-state index contributed by atoms with van der Waals surface area (Å²) in [5.74, 6) is -1.70. The number of rotatable bonds is 4. The molecular formula is C9H16N2O5S. The summed E-state index contributed by atoms with van der Waals surface area (Å²) >= 11 is 0. The second kappa shape index (κ2) is 5.01. The summed E-state index contributed by atoms with van der Waals surface area (Å²) in [4.78, 5) is 22.3. The monoisotopic (exact) mass is 264 g/mol. The van der Waals surface area contributed by atoms with Crippen molar-refractivity contribution < 1.29 is 23.1 Å². The van der Waals surface area contributed by atoms with Gasteiger partial charge in [0.15, 0.2) is 0 Å². The van der Waals surface area contributed by atoms with Crippen molar-refractivity contribution >= 4 is 21.9 Å². The molecule has 1 amide bonds. The molecule has 2 unspecified atom stereocenters. The van der Waals surface area contributed by atoms with Crippen LogP contribution in [0.1, 0.15) is 19.8 Å². The molecule has 0 aromatic carbocycles. The number of sulfonamides is 1. The third-order valence-corrected chi connectivity index (χ3v) is 3.95. The van der Waals surface area contributed by atoms with Crippen molar-refractivity contribution in [3.63, 3.8) is 0 Å². The number of aliphatic carboxylic acids is 1. The highest BCUT2D eigenvalue weighted by Crippen LogP contribution is 2.20. The molecule has 0 aliphatic carbocycles. The van der Waals surface area contributed by atoms with Crippen molar-refractivity contribution in [3.8, 4) is 0 Å². The molecular weight excluding hydrogens is 248 g/mol. The number of carboxylic acids is 1. The van der Waals surface area contributed by atoms with Crippen molar-refractivity contribution in [2.24, 2.45) is 0 Å². The fraction of sp³-hybridized carbons (Fsp3) is 0.778. The number of carbonyl (C=O) groups excluding carboxylic acids is 1. The number of hydrogen-bond donors (Lipinski definition) is 2. The van der Waals surface area contributed by atoms with Crippen molar-refractivity contribution in [2.45, 2.75) is 31.8 Å². The maximum absolute atomic E-state index is 11.7. The fourth-order valence-electron chi connectivity index (χ4n) is 1.77. The lowest BCUT2D eigenvalue weighted by Gasteiger charge is -2.22. The highest BCUT2D eigenvalue weighted by molar-refractivity contribution is 7.88. The van der Waals surface area contributed by atoms with Crippen LogP contribution in [0.2, 0.25) is 0 Å². The summed E-state index contributed by atoms with van der Waals surface area (Å²) in [6.45, 7) is 1.64. The Labute approximate surface area is 99.8 Å². The van der Waals surface area contributed by atoms with E-state index in [0.717, 1.165) is 10.6 Å². The van der Waals surface area contributed by atoms with Gasteiger partial charge in [-0.25, -0.2) is 8.42 Å². The maximum atomic E-state index is 11.7. The SMILES string of the molecule is CC(NC(=O)C1CCCN1S(C)(=O)=O)C(=O)O. The summed E-state index contributed by atoms with van der Waals surface area (Å²) in [7, 11) is -3.43. The van der Waals surface area contributed by atoms with Gasteiger partial charge >= 0.3 is 5.97 Å². The van der Waals surface area contributed by atoms with Crippen LogP contribution >= 0.6 is 0 Å². The van der Waals surface area contributed by atoms with Crippen LogP contribution in [-0.4, -0.2) is 54.6 Å². The predicted molar refractivity (Wildman–Crippen MR) is 59.8 cm³/mol. The van der Waals surface area contributed by atoms with Crippen LogP contribution in [-0.2, 0) is 19.6 Å². The molecule has 1 aliphatic heterocycles. The molecule has 0 aromatic rings. The van der Waals surface area contributed by atoms with Crippen molar-refractivity contribution in [1.29, 1.82) is 0 Å². The lowest BCUT2D eigenvalue weighted by atomic mass is 10.2. The number of carbonyl (C=O) groups is 2. The van der Waals surface area contributed by atoms with Crippen molar-refractivity contribution in [2.75, 3.05) is 12.8 Å². The molecule has 0 radical (unpaired) electrons. The van der Waals surface area contributed by atoms with Gasteiger partial charge in [0.1, 0.15) is 12.1 Å². The summed E-state index contributed by atoms with van der Waals surface area (Å²) in [6.07, 6.45) is 2.07. The van der Waals surface area contributed by atoms with Crippen LogP contribution in [0.15, 0.2) is 0 Å². The molecule has 1 rings (SSSR count). The number of nitrogens with one attached hydrogen (secondary N) is 1. The molecule has 1 saturated heterocycles. The van der Waals surface area contributed by atoms with E-state index in [1.165, 1.54) is 6.92 Å². The molecule has 1 aliphatic rings. The first-order valence-corrected chi connectivity index (χ1v) is 7.08. The standard InChI is InChI=1S/C9H16N2O5S/c1-6(9(13)14)10-8(12)7-4-3-5-11(7)17(2,15)16/h6-7H,3-5H2,1-2H3,(H,10,12)(H,13,14). The van der Waals surface area contributed by atoms with Gasteiger partial charge in [-0.2, -0.15) is 4.31 Å². The van der Waals surface area contributed by atoms with Crippen LogP contribution in [0.3, 0.4) is 0 Å². The maximum Gasteiger partial charge on any atom is 0.325 e. The van der Waals surface area contributed by atoms with E-state index in [2.05, 4.69) is 5.32 Å². The molecule has 8 heteroatoms. The fourth-order valence-corrected chi connectivity index (χ4v) is 2.89. The number of carboxylic acid groups (broad SMARTS) is 1. The Morgan fingerprint density at radius 2 is 2.06 bits per heavy atom. The molecule has 0 spiro atoms. The summed E-state index contributed by atoms with van der Waals surface area (Å²) < 4.78 is 23.9. The van der Waals surface area contributed by atoms with E-state index >= 15 is 0 Å². The van der Waals surface area contributed by atoms with E-state index in [-0.39, 0.29) is 0 Å². The Morgan fingerprint density at radius 1 is 1.47 bits per heavy atom. The molecule has 98 valence electrons. The first-order chi connectivity index (χ1) is 7.73. The van der Waals surface area contributed by atoms with E-state index in [1.54, 1.807) is 0 Å². The zero-order valence-electron chi connectivity index (χ0n) is 9.71. The lowest BCUT2D eigenvalue weighted by Crippen LogP contribution is -2.49. The lowest BCUT2D eigenvalue weighted by molar-refractivity contribution is -0.141. The minimum absolute atomic E-state index is 0.304. The van der Waals surface area contributed by atoms with E-state index < -0.39 is 34.0 Å². The summed E-state index contributed by atoms with van der Waals surface area (Å²) in [5.41, 5.74) is 0. The topological polar surface area (TPSA) is 104 Å². The van der Waals surface area contributed by atoms with Gasteiger partial charge in [-0.15, -0.1) is 0 Å². The Balaban J connectivity index is 2.72. The molecule has 1 heterocycles. The third kappa shape index (κ3) is 3.40. The average molecular weight is 264 g/mol. The molecule has 0 aromatic heterocycles. The number of nitrogens with zero attached hydrogens (tertiary/aromatic N) is 1. The van der Waals surface area contributed by atoms with Gasteiger partial charge in [0.2, 0.25) is 15.9 Å². The largest absolute Gasteiger partial charge is 0.480 e. The highest BCUT2D eigenvalue weighted by atomic mass is 32.2. The summed E-state index contributed by atoms with van der Waals surface area (Å²) in [5, 5.41) is 10.9. The van der Waals surface area contributed by atoms with Gasteiger partial charge in [-0.1, -0.05) is 0 Å². The quantitative estimate of drug-likeness (QED) is 0.677. The van der Waals surface area contributed by atoms with Crippen LogP contribution < -0.4 is 5.32 Å². The van der Waals surface area contributed by atoms with Crippen LogP contribution in [0.25, 0.3) is 0 Å². The molecule has 0 bridgehead atoms. The average Bonchev–Trinajstić information content (AvgIpc) is 2.64. The Kier molecular flexibility index (Phi) is 4.10. The molecule has 7 nitrogen and oxygen atoms in total. The number of amides is 1. The Hall–Kier alpha value is -1.15. The molecule has 2 N–H and O–H groups in total. The van der Waals surface area contributed by atoms with Gasteiger partial charge in [0.05, 0.1) is 6.26 Å². The van der Waals surface area contributed by atoms with Crippen LogP contribution in [0.5, 0.6) is 0 Å². The molecule has 17 heavy (non-hydrogen) atoms. The smallest absolute Gasteiger partial charge is 0.325 e. The van der Waals surface area contributed by atoms with Crippen molar-refractivity contribution in [1.82, 2.24) is 9.62 Å². The van der Waals surface area contributed by atoms with Gasteiger partial charge in [0, 0.05) is 6.54 Å². The van der Waals surface area contributed by atoms with Gasteiger partial charge in [-0.3, -0.25) is 9.59 Å². The molecule has 0 saturated carbocycles. The molecule has 1 fully saturated rings. The van der Waals surface area contributed by atoms with E-state index in [9.17, 15) is 18.0 Å². The van der Waals surface area contributed by atoms with E-state index in [4.69, 9.17) is 5.11 Å². The predicted octanol–water partition coefficient (Wildman–Crippen LogP) is -1.00.